The first-order valence-corrected chi connectivity index (χ1v) is 7.81. The third-order valence-corrected chi connectivity index (χ3v) is 5.21. The van der Waals surface area contributed by atoms with Crippen molar-refractivity contribution >= 4 is 43.2 Å². The number of nitrogens with one attached hydrogen (secondary N) is 1. The molecule has 0 radical (unpaired) electrons. The normalized spacial score (nSPS) is 12.7. The summed E-state index contributed by atoms with van der Waals surface area (Å²) in [5.74, 6) is -0.198. The van der Waals surface area contributed by atoms with E-state index in [1.807, 2.05) is 20.0 Å². The fourth-order valence-corrected chi connectivity index (χ4v) is 4.89. The Labute approximate surface area is 127 Å². The Kier molecular flexibility index (Phi) is 4.59. The summed E-state index contributed by atoms with van der Waals surface area (Å²) in [6.45, 7) is 1.93. The highest BCUT2D eigenvalue weighted by molar-refractivity contribution is 9.12. The van der Waals surface area contributed by atoms with Gasteiger partial charge in [-0.2, -0.15) is 0 Å². The van der Waals surface area contributed by atoms with Gasteiger partial charge in [0.1, 0.15) is 5.82 Å². The van der Waals surface area contributed by atoms with Gasteiger partial charge in [-0.05, 0) is 80.7 Å². The third-order valence-electron chi connectivity index (χ3n) is 2.83. The standard InChI is InChI=1S/C13H12Br2FNS/c1-7-5-8(16)3-4-9(7)12(17-2)10-6-11(14)18-13(10)15/h3-6,12,17H,1-2H3. The van der Waals surface area contributed by atoms with Crippen LogP contribution in [-0.2, 0) is 0 Å². The zero-order valence-electron chi connectivity index (χ0n) is 9.93. The predicted octanol–water partition coefficient (Wildman–Crippen LogP) is 5.03. The SMILES string of the molecule is CNC(c1ccc(F)cc1C)c1cc(Br)sc1Br. The van der Waals surface area contributed by atoms with E-state index in [1.165, 1.54) is 6.07 Å². The van der Waals surface area contributed by atoms with Crippen molar-refractivity contribution in [3.8, 4) is 0 Å². The second-order valence-electron chi connectivity index (χ2n) is 4.00. The molecular weight excluding hydrogens is 381 g/mol. The van der Waals surface area contributed by atoms with Gasteiger partial charge in [-0.3, -0.25) is 0 Å². The molecule has 2 rings (SSSR count). The van der Waals surface area contributed by atoms with Crippen molar-refractivity contribution in [2.45, 2.75) is 13.0 Å². The Bertz CT molecular complexity index is 568. The highest BCUT2D eigenvalue weighted by atomic mass is 79.9. The van der Waals surface area contributed by atoms with Gasteiger partial charge in [0.15, 0.2) is 0 Å². The topological polar surface area (TPSA) is 12.0 Å². The van der Waals surface area contributed by atoms with Crippen LogP contribution in [0, 0.1) is 12.7 Å². The summed E-state index contributed by atoms with van der Waals surface area (Å²) in [6.07, 6.45) is 0. The van der Waals surface area contributed by atoms with Crippen LogP contribution in [0.15, 0.2) is 31.8 Å². The molecule has 0 aliphatic rings. The molecule has 2 aromatic rings. The monoisotopic (exact) mass is 391 g/mol. The van der Waals surface area contributed by atoms with E-state index in [0.717, 1.165) is 24.3 Å². The van der Waals surface area contributed by atoms with Crippen LogP contribution in [0.1, 0.15) is 22.7 Å². The second kappa shape index (κ2) is 5.82. The molecule has 5 heteroatoms. The van der Waals surface area contributed by atoms with Gasteiger partial charge < -0.3 is 5.32 Å². The molecule has 0 bridgehead atoms. The van der Waals surface area contributed by atoms with Crippen LogP contribution in [0.3, 0.4) is 0 Å². The summed E-state index contributed by atoms with van der Waals surface area (Å²) in [7, 11) is 1.91. The minimum absolute atomic E-state index is 0.0579. The Balaban J connectivity index is 2.48. The summed E-state index contributed by atoms with van der Waals surface area (Å²) in [4.78, 5) is 0. The lowest BCUT2D eigenvalue weighted by Crippen LogP contribution is -2.18. The molecule has 0 spiro atoms. The molecule has 0 fully saturated rings. The van der Waals surface area contributed by atoms with E-state index in [4.69, 9.17) is 0 Å². The Morgan fingerprint density at radius 1 is 1.22 bits per heavy atom. The highest BCUT2D eigenvalue weighted by Gasteiger charge is 2.19. The molecule has 0 aliphatic heterocycles. The zero-order valence-corrected chi connectivity index (χ0v) is 13.9. The average molecular weight is 393 g/mol. The van der Waals surface area contributed by atoms with Crippen molar-refractivity contribution in [1.82, 2.24) is 5.32 Å². The van der Waals surface area contributed by atoms with Crippen molar-refractivity contribution in [3.63, 3.8) is 0 Å². The number of aryl methyl sites for hydroxylation is 1. The summed E-state index contributed by atoms with van der Waals surface area (Å²) >= 11 is 8.69. The molecule has 1 unspecified atom stereocenters. The predicted molar refractivity (Wildman–Crippen MR) is 81.8 cm³/mol. The van der Waals surface area contributed by atoms with Crippen LogP contribution in [0.5, 0.6) is 0 Å². The maximum Gasteiger partial charge on any atom is 0.123 e. The fourth-order valence-electron chi connectivity index (χ4n) is 1.99. The number of halogens is 3. The summed E-state index contributed by atoms with van der Waals surface area (Å²) < 4.78 is 15.3. The van der Waals surface area contributed by atoms with Gasteiger partial charge in [-0.25, -0.2) is 4.39 Å². The Morgan fingerprint density at radius 3 is 2.44 bits per heavy atom. The number of hydrogen-bond donors (Lipinski definition) is 1. The third kappa shape index (κ3) is 2.85. The maximum atomic E-state index is 13.2. The van der Waals surface area contributed by atoms with Crippen molar-refractivity contribution in [2.75, 3.05) is 7.05 Å². The molecule has 18 heavy (non-hydrogen) atoms. The molecule has 1 nitrogen and oxygen atoms in total. The van der Waals surface area contributed by atoms with E-state index in [1.54, 1.807) is 17.4 Å². The lowest BCUT2D eigenvalue weighted by atomic mass is 9.97. The van der Waals surface area contributed by atoms with E-state index >= 15 is 0 Å². The molecule has 1 aromatic heterocycles. The number of benzene rings is 1. The number of hydrogen-bond acceptors (Lipinski definition) is 2. The molecule has 0 amide bonds. The summed E-state index contributed by atoms with van der Waals surface area (Å²) in [5.41, 5.74) is 3.19. The number of rotatable bonds is 3. The van der Waals surface area contributed by atoms with E-state index < -0.39 is 0 Å². The quantitative estimate of drug-likeness (QED) is 0.772. The molecule has 96 valence electrons. The van der Waals surface area contributed by atoms with E-state index in [-0.39, 0.29) is 11.9 Å². The molecule has 0 saturated carbocycles. The van der Waals surface area contributed by atoms with E-state index in [9.17, 15) is 4.39 Å². The molecule has 1 N–H and O–H groups in total. The first-order valence-electron chi connectivity index (χ1n) is 5.41. The van der Waals surface area contributed by atoms with Gasteiger partial charge in [0.2, 0.25) is 0 Å². The smallest absolute Gasteiger partial charge is 0.123 e. The second-order valence-corrected chi connectivity index (χ2v) is 7.75. The summed E-state index contributed by atoms with van der Waals surface area (Å²) in [6, 6.07) is 7.04. The van der Waals surface area contributed by atoms with Crippen molar-refractivity contribution in [2.24, 2.45) is 0 Å². The zero-order chi connectivity index (χ0) is 13.3. The maximum absolute atomic E-state index is 13.2. The molecule has 0 aliphatic carbocycles. The molecule has 0 saturated heterocycles. The van der Waals surface area contributed by atoms with Crippen LogP contribution in [0.4, 0.5) is 4.39 Å². The van der Waals surface area contributed by atoms with Crippen LogP contribution in [-0.4, -0.2) is 7.05 Å². The van der Waals surface area contributed by atoms with Gasteiger partial charge in [0.05, 0.1) is 13.6 Å². The van der Waals surface area contributed by atoms with Crippen LogP contribution < -0.4 is 5.32 Å². The minimum atomic E-state index is -0.198. The van der Waals surface area contributed by atoms with Gasteiger partial charge >= 0.3 is 0 Å². The van der Waals surface area contributed by atoms with Crippen LogP contribution in [0.25, 0.3) is 0 Å². The van der Waals surface area contributed by atoms with Crippen LogP contribution >= 0.6 is 43.2 Å². The first kappa shape index (κ1) is 14.2. The van der Waals surface area contributed by atoms with E-state index in [2.05, 4.69) is 43.2 Å². The van der Waals surface area contributed by atoms with Crippen LogP contribution in [0.2, 0.25) is 0 Å². The highest BCUT2D eigenvalue weighted by Crippen LogP contribution is 2.38. The van der Waals surface area contributed by atoms with E-state index in [0.29, 0.717) is 0 Å². The number of thiophene rings is 1. The largest absolute Gasteiger partial charge is 0.309 e. The molecule has 1 heterocycles. The lowest BCUT2D eigenvalue weighted by Gasteiger charge is -2.18. The first-order chi connectivity index (χ1) is 8.52. The molecular formula is C13H12Br2FNS. The van der Waals surface area contributed by atoms with Gasteiger partial charge in [-0.15, -0.1) is 11.3 Å². The van der Waals surface area contributed by atoms with Gasteiger partial charge in [0, 0.05) is 0 Å². The van der Waals surface area contributed by atoms with Crippen molar-refractivity contribution < 1.29 is 4.39 Å². The van der Waals surface area contributed by atoms with Crippen molar-refractivity contribution in [3.05, 3.63) is 54.3 Å². The van der Waals surface area contributed by atoms with Crippen molar-refractivity contribution in [1.29, 1.82) is 0 Å². The van der Waals surface area contributed by atoms with Gasteiger partial charge in [-0.1, -0.05) is 6.07 Å². The summed E-state index contributed by atoms with van der Waals surface area (Å²) in [5, 5.41) is 3.28. The Hall–Kier alpha value is -0.230. The average Bonchev–Trinajstić information content (AvgIpc) is 2.62. The molecule has 1 atom stereocenters. The fraction of sp³-hybridized carbons (Fsp3) is 0.231. The Morgan fingerprint density at radius 2 is 1.94 bits per heavy atom. The van der Waals surface area contributed by atoms with Gasteiger partial charge in [0.25, 0.3) is 0 Å². The molecule has 1 aromatic carbocycles. The minimum Gasteiger partial charge on any atom is -0.309 e. The lowest BCUT2D eigenvalue weighted by molar-refractivity contribution is 0.621.